The Morgan fingerprint density at radius 1 is 1.24 bits per heavy atom. The van der Waals surface area contributed by atoms with Gasteiger partial charge >= 0.3 is 6.18 Å². The van der Waals surface area contributed by atoms with Crippen molar-refractivity contribution in [3.63, 3.8) is 0 Å². The molecular weight excluding hydrogens is 431 g/mol. The number of aromatic nitrogens is 3. The van der Waals surface area contributed by atoms with Gasteiger partial charge in [0.25, 0.3) is 5.91 Å². The highest BCUT2D eigenvalue weighted by Gasteiger charge is 2.34. The van der Waals surface area contributed by atoms with Gasteiger partial charge in [-0.2, -0.15) is 13.2 Å². The van der Waals surface area contributed by atoms with Gasteiger partial charge in [-0.1, -0.05) is 18.6 Å². The molecule has 3 aromatic rings. The van der Waals surface area contributed by atoms with Crippen LogP contribution in [0.3, 0.4) is 0 Å². The van der Waals surface area contributed by atoms with Gasteiger partial charge in [0.05, 0.1) is 29.2 Å². The largest absolute Gasteiger partial charge is 0.417 e. The molecule has 174 valence electrons. The second-order valence-electron chi connectivity index (χ2n) is 8.49. The van der Waals surface area contributed by atoms with Crippen LogP contribution in [0.2, 0.25) is 0 Å². The molecule has 0 unspecified atom stereocenters. The third-order valence-corrected chi connectivity index (χ3v) is 6.12. The Morgan fingerprint density at radius 3 is 2.73 bits per heavy atom. The van der Waals surface area contributed by atoms with E-state index < -0.39 is 11.7 Å². The van der Waals surface area contributed by atoms with Crippen LogP contribution in [0.4, 0.5) is 19.0 Å². The molecule has 2 atom stereocenters. The van der Waals surface area contributed by atoms with Crippen LogP contribution in [0.15, 0.2) is 55.2 Å². The van der Waals surface area contributed by atoms with Crippen molar-refractivity contribution in [2.24, 2.45) is 5.92 Å². The topological polar surface area (TPSA) is 63.1 Å². The minimum Gasteiger partial charge on any atom is -0.368 e. The molecule has 1 saturated heterocycles. The van der Waals surface area contributed by atoms with E-state index in [1.807, 2.05) is 34.6 Å². The molecule has 3 heterocycles. The Kier molecular flexibility index (Phi) is 6.40. The van der Waals surface area contributed by atoms with Crippen LogP contribution in [0, 0.1) is 12.8 Å². The number of pyridine rings is 1. The number of alkyl halides is 3. The Balaban J connectivity index is 1.55. The summed E-state index contributed by atoms with van der Waals surface area (Å²) in [5, 5.41) is 3.13. The molecule has 1 amide bonds. The highest BCUT2D eigenvalue weighted by atomic mass is 19.4. The SMILES string of the molecule is Cc1ccc(-n2ccnc2)c(C(=O)N2CCC[C@@H](C)[C@H]2CNc2ccc(C(F)(F)F)cn2)c1. The molecule has 0 radical (unpaired) electrons. The number of likely N-dealkylation sites (tertiary alicyclic amines) is 1. The summed E-state index contributed by atoms with van der Waals surface area (Å²) >= 11 is 0. The van der Waals surface area contributed by atoms with E-state index in [2.05, 4.69) is 22.2 Å². The molecule has 9 heteroatoms. The van der Waals surface area contributed by atoms with Crippen LogP contribution in [0.25, 0.3) is 5.69 Å². The lowest BCUT2D eigenvalue weighted by Crippen LogP contribution is -2.51. The lowest BCUT2D eigenvalue weighted by Gasteiger charge is -2.40. The first-order valence-corrected chi connectivity index (χ1v) is 10.9. The van der Waals surface area contributed by atoms with Gasteiger partial charge in [-0.3, -0.25) is 4.79 Å². The van der Waals surface area contributed by atoms with Gasteiger partial charge in [-0.15, -0.1) is 0 Å². The summed E-state index contributed by atoms with van der Waals surface area (Å²) in [7, 11) is 0. The van der Waals surface area contributed by atoms with Crippen LogP contribution in [-0.2, 0) is 6.18 Å². The van der Waals surface area contributed by atoms with Crippen LogP contribution in [0.1, 0.15) is 41.3 Å². The van der Waals surface area contributed by atoms with Crippen LogP contribution in [-0.4, -0.2) is 44.5 Å². The Labute approximate surface area is 190 Å². The van der Waals surface area contributed by atoms with Crippen LogP contribution in [0.5, 0.6) is 0 Å². The Morgan fingerprint density at radius 2 is 2.06 bits per heavy atom. The summed E-state index contributed by atoms with van der Waals surface area (Å²) in [5.41, 5.74) is 1.55. The van der Waals surface area contributed by atoms with E-state index in [0.29, 0.717) is 24.5 Å². The first-order chi connectivity index (χ1) is 15.7. The summed E-state index contributed by atoms with van der Waals surface area (Å²) in [4.78, 5) is 23.6. The summed E-state index contributed by atoms with van der Waals surface area (Å²) in [5.74, 6) is 0.509. The molecule has 1 N–H and O–H groups in total. The number of hydrogen-bond acceptors (Lipinski definition) is 4. The van der Waals surface area contributed by atoms with Crippen molar-refractivity contribution in [2.45, 2.75) is 38.9 Å². The van der Waals surface area contributed by atoms with Crippen LogP contribution < -0.4 is 5.32 Å². The average Bonchev–Trinajstić information content (AvgIpc) is 3.32. The summed E-state index contributed by atoms with van der Waals surface area (Å²) in [6.45, 7) is 5.06. The number of aryl methyl sites for hydroxylation is 1. The Bertz CT molecular complexity index is 1100. The maximum atomic E-state index is 13.7. The molecule has 4 rings (SSSR count). The molecule has 2 aromatic heterocycles. The molecule has 0 spiro atoms. The molecule has 6 nitrogen and oxygen atoms in total. The fraction of sp³-hybridized carbons (Fsp3) is 0.375. The number of hydrogen-bond donors (Lipinski definition) is 1. The molecule has 0 aliphatic carbocycles. The number of carbonyl (C=O) groups excluding carboxylic acids is 1. The predicted octanol–water partition coefficient (Wildman–Crippen LogP) is 4.95. The highest BCUT2D eigenvalue weighted by Crippen LogP contribution is 2.30. The molecular formula is C24H26F3N5O. The van der Waals surface area contributed by atoms with E-state index >= 15 is 0 Å². The molecule has 33 heavy (non-hydrogen) atoms. The van der Waals surface area contributed by atoms with E-state index in [1.54, 1.807) is 18.7 Å². The standard InChI is InChI=1S/C24H26F3N5O/c1-16-5-7-20(31-11-9-28-15-31)19(12-16)23(33)32-10-3-4-17(2)21(32)14-30-22-8-6-18(13-29-22)24(25,26)27/h5-9,11-13,15,17,21H,3-4,10,14H2,1-2H3,(H,29,30)/t17-,21-/m1/s1. The number of benzene rings is 1. The number of piperidine rings is 1. The lowest BCUT2D eigenvalue weighted by atomic mass is 9.89. The maximum Gasteiger partial charge on any atom is 0.417 e. The first-order valence-electron chi connectivity index (χ1n) is 10.9. The summed E-state index contributed by atoms with van der Waals surface area (Å²) < 4.78 is 40.2. The smallest absolute Gasteiger partial charge is 0.368 e. The third-order valence-electron chi connectivity index (χ3n) is 6.12. The zero-order valence-corrected chi connectivity index (χ0v) is 18.5. The number of nitrogens with one attached hydrogen (secondary N) is 1. The normalized spacial score (nSPS) is 18.9. The fourth-order valence-electron chi connectivity index (χ4n) is 4.29. The van der Waals surface area contributed by atoms with E-state index in [0.717, 1.165) is 36.4 Å². The minimum absolute atomic E-state index is 0.0684. The van der Waals surface area contributed by atoms with Crippen molar-refractivity contribution >= 4 is 11.7 Å². The first kappa shape index (κ1) is 22.8. The fourth-order valence-corrected chi connectivity index (χ4v) is 4.29. The van der Waals surface area contributed by atoms with Crippen molar-refractivity contribution in [1.29, 1.82) is 0 Å². The number of halogens is 3. The molecule has 1 aliphatic rings. The number of amides is 1. The van der Waals surface area contributed by atoms with Gasteiger partial charge in [-0.25, -0.2) is 9.97 Å². The van der Waals surface area contributed by atoms with Crippen molar-refractivity contribution in [1.82, 2.24) is 19.4 Å². The third kappa shape index (κ3) is 5.02. The van der Waals surface area contributed by atoms with Crippen molar-refractivity contribution in [3.05, 3.63) is 71.9 Å². The van der Waals surface area contributed by atoms with E-state index in [-0.39, 0.29) is 17.9 Å². The molecule has 0 bridgehead atoms. The van der Waals surface area contributed by atoms with E-state index in [4.69, 9.17) is 0 Å². The van der Waals surface area contributed by atoms with Gasteiger partial charge in [0.1, 0.15) is 5.82 Å². The van der Waals surface area contributed by atoms with Gasteiger partial charge in [0.15, 0.2) is 0 Å². The maximum absolute atomic E-state index is 13.7. The molecule has 1 aliphatic heterocycles. The summed E-state index contributed by atoms with van der Waals surface area (Å²) in [6.07, 6.45) is 3.39. The Hall–Kier alpha value is -3.36. The monoisotopic (exact) mass is 457 g/mol. The van der Waals surface area contributed by atoms with Crippen molar-refractivity contribution < 1.29 is 18.0 Å². The van der Waals surface area contributed by atoms with Crippen molar-refractivity contribution in [3.8, 4) is 5.69 Å². The quantitative estimate of drug-likeness (QED) is 0.589. The highest BCUT2D eigenvalue weighted by molar-refractivity contribution is 5.98. The van der Waals surface area contributed by atoms with E-state index in [1.165, 1.54) is 6.07 Å². The second-order valence-corrected chi connectivity index (χ2v) is 8.49. The second kappa shape index (κ2) is 9.25. The average molecular weight is 458 g/mol. The zero-order valence-electron chi connectivity index (χ0n) is 18.5. The minimum atomic E-state index is -4.42. The van der Waals surface area contributed by atoms with E-state index in [9.17, 15) is 18.0 Å². The molecule has 1 fully saturated rings. The zero-order chi connectivity index (χ0) is 23.6. The van der Waals surface area contributed by atoms with Crippen LogP contribution >= 0.6 is 0 Å². The summed E-state index contributed by atoms with van der Waals surface area (Å²) in [6, 6.07) is 7.97. The van der Waals surface area contributed by atoms with Gasteiger partial charge in [-0.05, 0) is 49.9 Å². The predicted molar refractivity (Wildman–Crippen MR) is 119 cm³/mol. The van der Waals surface area contributed by atoms with Gasteiger partial charge in [0, 0.05) is 31.7 Å². The number of rotatable bonds is 5. The lowest BCUT2D eigenvalue weighted by molar-refractivity contribution is -0.137. The molecule has 1 aromatic carbocycles. The number of carbonyl (C=O) groups is 1. The van der Waals surface area contributed by atoms with Gasteiger partial charge < -0.3 is 14.8 Å². The van der Waals surface area contributed by atoms with Crippen molar-refractivity contribution in [2.75, 3.05) is 18.4 Å². The number of imidazole rings is 1. The molecule has 0 saturated carbocycles. The number of nitrogens with zero attached hydrogens (tertiary/aromatic N) is 4. The number of anilines is 1. The van der Waals surface area contributed by atoms with Gasteiger partial charge in [0.2, 0.25) is 0 Å².